The van der Waals surface area contributed by atoms with Gasteiger partial charge in [-0.1, -0.05) is 0 Å². The Morgan fingerprint density at radius 3 is 1.30 bits per heavy atom. The first-order valence-electron chi connectivity index (χ1n) is 18.3. The molecule has 46 heavy (non-hydrogen) atoms. The Morgan fingerprint density at radius 1 is 0.522 bits per heavy atom. The van der Waals surface area contributed by atoms with Gasteiger partial charge in [-0.25, -0.2) is 0 Å². The van der Waals surface area contributed by atoms with Crippen molar-refractivity contribution in [2.75, 3.05) is 0 Å². The van der Waals surface area contributed by atoms with Crippen molar-refractivity contribution in [1.29, 1.82) is 0 Å². The number of allylic oxidation sites excluding steroid dienone is 2. The SMILES string of the molecule is CCC[CH2][Zr]1([CH2]CCC)[CH]2C(CC)=C(c3c(-c4ccccc4)cccc32)[Si](C)(C)C2=C(CC)[CH]1c1cccc(-c3ccccc3)c12. The standard InChI is InChI=1S/C36H34Si.2C4H9.Zr/c1-5-25-23-29-19-13-21-31(27-15-9-7-10-16-27)33(29)35(25)37(3,4)36-26(6-2)24-30-20-14-22-32(34(30)36)28-17-11-8-12-18-28;2*1-3-4-2;/h7-24H,5-6H2,1-4H3;2*1,3-4H2,2H3;. The zero-order valence-corrected chi connectivity index (χ0v) is 32.5. The van der Waals surface area contributed by atoms with Crippen molar-refractivity contribution in [2.24, 2.45) is 0 Å². The van der Waals surface area contributed by atoms with Crippen molar-refractivity contribution in [1.82, 2.24) is 0 Å². The van der Waals surface area contributed by atoms with Crippen LogP contribution in [0.15, 0.2) is 108 Å². The molecule has 1 heterocycles. The van der Waals surface area contributed by atoms with E-state index in [2.05, 4.69) is 138 Å². The van der Waals surface area contributed by atoms with E-state index in [1.807, 2.05) is 21.5 Å². The number of rotatable bonds is 10. The molecule has 4 aromatic carbocycles. The third-order valence-electron chi connectivity index (χ3n) is 12.0. The van der Waals surface area contributed by atoms with Crippen LogP contribution in [0.4, 0.5) is 0 Å². The van der Waals surface area contributed by atoms with Gasteiger partial charge < -0.3 is 0 Å². The van der Waals surface area contributed by atoms with Gasteiger partial charge in [-0.05, 0) is 0 Å². The van der Waals surface area contributed by atoms with Crippen LogP contribution in [0.5, 0.6) is 0 Å². The first-order valence-corrected chi connectivity index (χ1v) is 27.6. The molecular weight excluding hydrogens is 648 g/mol. The second kappa shape index (κ2) is 12.8. The predicted molar refractivity (Wildman–Crippen MR) is 201 cm³/mol. The van der Waals surface area contributed by atoms with Crippen LogP contribution < -0.4 is 0 Å². The normalized spacial score (nSPS) is 20.4. The Morgan fingerprint density at radius 2 is 0.935 bits per heavy atom. The first-order chi connectivity index (χ1) is 22.4. The maximum absolute atomic E-state index is 3.19. The maximum atomic E-state index is 2.74. The van der Waals surface area contributed by atoms with Crippen LogP contribution in [0.3, 0.4) is 0 Å². The molecule has 0 radical (unpaired) electrons. The topological polar surface area (TPSA) is 0 Å². The van der Waals surface area contributed by atoms with Crippen LogP contribution in [0.1, 0.15) is 95.7 Å². The van der Waals surface area contributed by atoms with E-state index in [0.717, 1.165) is 0 Å². The molecule has 0 saturated heterocycles. The number of hydrogen-bond donors (Lipinski definition) is 0. The Hall–Kier alpha value is -2.54. The molecule has 0 fully saturated rings. The molecule has 4 aromatic rings. The molecule has 1 aliphatic heterocycles. The molecule has 236 valence electrons. The van der Waals surface area contributed by atoms with Crippen LogP contribution in [0.2, 0.25) is 21.4 Å². The molecule has 4 bridgehead atoms. The zero-order chi connectivity index (χ0) is 32.1. The fraction of sp³-hybridized carbons (Fsp3) is 0.364. The second-order valence-corrected chi connectivity index (χ2v) is 30.3. The van der Waals surface area contributed by atoms with E-state index in [1.165, 1.54) is 69.0 Å². The molecule has 0 aromatic heterocycles. The van der Waals surface area contributed by atoms with Crippen molar-refractivity contribution in [2.45, 2.75) is 94.8 Å². The third kappa shape index (κ3) is 4.76. The fourth-order valence-corrected chi connectivity index (χ4v) is 34.0. The summed E-state index contributed by atoms with van der Waals surface area (Å²) in [4.78, 5) is 0. The molecule has 2 aliphatic carbocycles. The van der Waals surface area contributed by atoms with E-state index in [4.69, 9.17) is 0 Å². The first kappa shape index (κ1) is 32.0. The second-order valence-electron chi connectivity index (χ2n) is 14.7. The molecule has 0 nitrogen and oxygen atoms in total. The van der Waals surface area contributed by atoms with Crippen molar-refractivity contribution in [3.63, 3.8) is 0 Å². The van der Waals surface area contributed by atoms with Gasteiger partial charge >= 0.3 is 286 Å². The summed E-state index contributed by atoms with van der Waals surface area (Å²) < 4.78 is 4.36. The Kier molecular flexibility index (Phi) is 8.92. The molecule has 3 aliphatic rings. The number of fused-ring (bicyclic) bond motifs is 8. The van der Waals surface area contributed by atoms with Gasteiger partial charge in [0.05, 0.1) is 0 Å². The minimum absolute atomic E-state index is 0.678. The van der Waals surface area contributed by atoms with Crippen molar-refractivity contribution in [3.8, 4) is 22.3 Å². The number of unbranched alkanes of at least 4 members (excludes halogenated alkanes) is 2. The van der Waals surface area contributed by atoms with Crippen LogP contribution in [0.25, 0.3) is 32.6 Å². The Labute approximate surface area is 284 Å². The van der Waals surface area contributed by atoms with Crippen LogP contribution in [-0.4, -0.2) is 8.07 Å². The molecule has 2 unspecified atom stereocenters. The van der Waals surface area contributed by atoms with Gasteiger partial charge in [0.25, 0.3) is 0 Å². The molecule has 0 saturated carbocycles. The summed E-state index contributed by atoms with van der Waals surface area (Å²) in [6.07, 6.45) is 7.75. The van der Waals surface area contributed by atoms with Gasteiger partial charge in [0.2, 0.25) is 0 Å². The molecule has 2 atom stereocenters. The van der Waals surface area contributed by atoms with Gasteiger partial charge in [-0.15, -0.1) is 0 Å². The summed E-state index contributed by atoms with van der Waals surface area (Å²) in [6.45, 7) is 15.4. The summed E-state index contributed by atoms with van der Waals surface area (Å²) in [6, 6.07) is 37.7. The molecule has 0 spiro atoms. The van der Waals surface area contributed by atoms with Crippen LogP contribution >= 0.6 is 0 Å². The van der Waals surface area contributed by atoms with E-state index in [9.17, 15) is 0 Å². The zero-order valence-electron chi connectivity index (χ0n) is 29.0. The van der Waals surface area contributed by atoms with Gasteiger partial charge in [0.15, 0.2) is 0 Å². The van der Waals surface area contributed by atoms with Gasteiger partial charge in [-0.3, -0.25) is 0 Å². The quantitative estimate of drug-likeness (QED) is 0.145. The Balaban J connectivity index is 1.64. The summed E-state index contributed by atoms with van der Waals surface area (Å²) in [5.74, 6) is 0. The van der Waals surface area contributed by atoms with Crippen molar-refractivity contribution >= 4 is 18.5 Å². The molecular formula is C44H52SiZr. The van der Waals surface area contributed by atoms with E-state index < -0.39 is 28.3 Å². The minimum atomic E-state index is -3.19. The van der Waals surface area contributed by atoms with Crippen molar-refractivity contribution in [3.05, 3.63) is 130 Å². The molecule has 0 amide bonds. The van der Waals surface area contributed by atoms with Crippen molar-refractivity contribution < 1.29 is 20.3 Å². The van der Waals surface area contributed by atoms with Gasteiger partial charge in [0.1, 0.15) is 0 Å². The number of benzene rings is 4. The summed E-state index contributed by atoms with van der Waals surface area (Å²) in [5, 5.41) is 3.64. The van der Waals surface area contributed by atoms with E-state index in [1.54, 1.807) is 22.3 Å². The van der Waals surface area contributed by atoms with E-state index in [-0.39, 0.29) is 0 Å². The van der Waals surface area contributed by atoms with Crippen LogP contribution in [0, 0.1) is 0 Å². The average Bonchev–Trinajstić information content (AvgIpc) is 3.65. The van der Waals surface area contributed by atoms with E-state index in [0.29, 0.717) is 7.25 Å². The third-order valence-corrected chi connectivity index (χ3v) is 30.8. The fourth-order valence-electron chi connectivity index (χ4n) is 10.4. The molecule has 7 rings (SSSR count). The monoisotopic (exact) mass is 698 g/mol. The van der Waals surface area contributed by atoms with Gasteiger partial charge in [0, 0.05) is 0 Å². The predicted octanol–water partition coefficient (Wildman–Crippen LogP) is 13.5. The number of hydrogen-bond acceptors (Lipinski definition) is 0. The average molecular weight is 700 g/mol. The van der Waals surface area contributed by atoms with E-state index >= 15 is 0 Å². The summed E-state index contributed by atoms with van der Waals surface area (Å²) in [5.41, 5.74) is 16.3. The van der Waals surface area contributed by atoms with Crippen LogP contribution in [-0.2, 0) is 20.3 Å². The van der Waals surface area contributed by atoms with Gasteiger partial charge in [-0.2, -0.15) is 0 Å². The summed E-state index contributed by atoms with van der Waals surface area (Å²) in [7, 11) is -2.18. The Bertz CT molecular complexity index is 1680. The molecule has 2 heteroatoms. The summed E-state index contributed by atoms with van der Waals surface area (Å²) >= 11 is -3.19. The molecule has 0 N–H and O–H groups in total.